The Hall–Kier alpha value is -7.78. The molecule has 0 bridgehead atoms. The molecule has 11 aromatic rings. The van der Waals surface area contributed by atoms with E-state index in [1.165, 1.54) is 92.6 Å². The third-order valence-corrected chi connectivity index (χ3v) is 15.2. The summed E-state index contributed by atoms with van der Waals surface area (Å²) in [6.45, 7) is 0. The van der Waals surface area contributed by atoms with Gasteiger partial charge in [-0.05, 0) is 103 Å². The monoisotopic (exact) mass is 831 g/mol. The highest BCUT2D eigenvalue weighted by Crippen LogP contribution is 2.60. The van der Waals surface area contributed by atoms with Crippen LogP contribution in [0.2, 0.25) is 0 Å². The molecule has 10 aromatic carbocycles. The second kappa shape index (κ2) is 14.4. The van der Waals surface area contributed by atoms with Crippen LogP contribution in [-0.2, 0) is 10.8 Å². The number of fused-ring (bicyclic) bond motifs is 9. The van der Waals surface area contributed by atoms with Gasteiger partial charge in [0, 0.05) is 26.8 Å². The second-order valence-electron chi connectivity index (χ2n) is 17.1. The third-order valence-electron chi connectivity index (χ3n) is 14.0. The molecule has 0 atom stereocenters. The van der Waals surface area contributed by atoms with Crippen molar-refractivity contribution in [3.05, 3.63) is 293 Å². The van der Waals surface area contributed by atoms with E-state index in [-0.39, 0.29) is 0 Å². The highest BCUT2D eigenvalue weighted by molar-refractivity contribution is 7.26. The fourth-order valence-corrected chi connectivity index (χ4v) is 12.7. The van der Waals surface area contributed by atoms with Crippen molar-refractivity contribution in [3.63, 3.8) is 0 Å². The first-order valence-corrected chi connectivity index (χ1v) is 23.0. The Morgan fingerprint density at radius 2 is 0.688 bits per heavy atom. The zero-order chi connectivity index (χ0) is 42.2. The average molecular weight is 832 g/mol. The van der Waals surface area contributed by atoms with Crippen LogP contribution in [0.3, 0.4) is 0 Å². The lowest BCUT2D eigenvalue weighted by Crippen LogP contribution is -2.29. The minimum absolute atomic E-state index is 0.533. The Labute approximate surface area is 377 Å². The van der Waals surface area contributed by atoms with Gasteiger partial charge in [0.25, 0.3) is 0 Å². The molecule has 13 rings (SSSR count). The van der Waals surface area contributed by atoms with Gasteiger partial charge in [-0.3, -0.25) is 0 Å². The average Bonchev–Trinajstić information content (AvgIpc) is 4.00. The van der Waals surface area contributed by atoms with Crippen LogP contribution in [-0.4, -0.2) is 0 Å². The summed E-state index contributed by atoms with van der Waals surface area (Å²) in [4.78, 5) is 2.55. The topological polar surface area (TPSA) is 3.24 Å². The van der Waals surface area contributed by atoms with Crippen molar-refractivity contribution in [2.24, 2.45) is 0 Å². The number of rotatable bonds is 7. The fraction of sp³-hybridized carbons (Fsp3) is 0.0323. The summed E-state index contributed by atoms with van der Waals surface area (Å²) in [7, 11) is 0. The third kappa shape index (κ3) is 5.12. The molecule has 64 heavy (non-hydrogen) atoms. The molecule has 0 saturated heterocycles. The molecule has 2 aliphatic carbocycles. The normalized spacial score (nSPS) is 13.9. The van der Waals surface area contributed by atoms with Crippen LogP contribution in [0.1, 0.15) is 44.5 Å². The molecule has 0 spiro atoms. The predicted molar refractivity (Wildman–Crippen MR) is 269 cm³/mol. The van der Waals surface area contributed by atoms with E-state index in [9.17, 15) is 0 Å². The van der Waals surface area contributed by atoms with Gasteiger partial charge in [-0.15, -0.1) is 11.3 Å². The van der Waals surface area contributed by atoms with E-state index in [2.05, 4.69) is 254 Å². The molecule has 1 aromatic heterocycles. The molecule has 2 aliphatic rings. The van der Waals surface area contributed by atoms with E-state index in [4.69, 9.17) is 0 Å². The van der Waals surface area contributed by atoms with Crippen LogP contribution in [0.5, 0.6) is 0 Å². The van der Waals surface area contributed by atoms with E-state index in [0.717, 1.165) is 11.4 Å². The Kier molecular flexibility index (Phi) is 8.28. The van der Waals surface area contributed by atoms with E-state index in [1.807, 2.05) is 11.3 Å². The summed E-state index contributed by atoms with van der Waals surface area (Å²) < 4.78 is 2.56. The summed E-state index contributed by atoms with van der Waals surface area (Å²) in [5, 5.41) is 2.56. The van der Waals surface area contributed by atoms with Crippen molar-refractivity contribution in [2.75, 3.05) is 4.90 Å². The first-order chi connectivity index (χ1) is 31.8. The first-order valence-electron chi connectivity index (χ1n) is 22.2. The van der Waals surface area contributed by atoms with E-state index in [1.54, 1.807) is 0 Å². The Morgan fingerprint density at radius 3 is 1.17 bits per heavy atom. The summed E-state index contributed by atoms with van der Waals surface area (Å²) in [5.41, 5.74) is 17.7. The van der Waals surface area contributed by atoms with Crippen molar-refractivity contribution in [3.8, 4) is 22.3 Å². The van der Waals surface area contributed by atoms with Gasteiger partial charge in [0.1, 0.15) is 0 Å². The number of hydrogen-bond donors (Lipinski definition) is 0. The molecule has 0 aliphatic heterocycles. The van der Waals surface area contributed by atoms with Gasteiger partial charge >= 0.3 is 0 Å². The minimum atomic E-state index is -0.533. The van der Waals surface area contributed by atoms with Crippen LogP contribution < -0.4 is 4.90 Å². The Morgan fingerprint density at radius 1 is 0.297 bits per heavy atom. The lowest BCUT2D eigenvalue weighted by molar-refractivity contribution is 0.767. The molecule has 0 fully saturated rings. The number of benzene rings is 10. The van der Waals surface area contributed by atoms with Crippen LogP contribution >= 0.6 is 11.3 Å². The van der Waals surface area contributed by atoms with Gasteiger partial charge in [0.05, 0.1) is 21.2 Å². The standard InChI is InChI=1S/C62H41NS/c1-5-20-42(21-6-1)61(43-22-7-2-8-23-43)54-32-16-13-28-48(54)50-38-36-46(40-56(50)61)63(58-34-19-31-53-52-30-15-18-35-59(52)64-60(53)58)47-37-39-51-49-29-14-17-33-55(49)62(57(51)41-47,44-24-9-3-10-25-44)45-26-11-4-12-27-45/h1-41H. The maximum Gasteiger partial charge on any atom is 0.0714 e. The predicted octanol–water partition coefficient (Wildman–Crippen LogP) is 16.3. The van der Waals surface area contributed by atoms with Gasteiger partial charge in [0.15, 0.2) is 0 Å². The Bertz CT molecular complexity index is 3290. The number of nitrogens with zero attached hydrogens (tertiary/aromatic N) is 1. The molecule has 300 valence electrons. The van der Waals surface area contributed by atoms with Crippen molar-refractivity contribution in [1.82, 2.24) is 0 Å². The molecule has 0 N–H and O–H groups in total. The van der Waals surface area contributed by atoms with Gasteiger partial charge in [-0.1, -0.05) is 212 Å². The molecule has 2 heteroatoms. The van der Waals surface area contributed by atoms with Crippen molar-refractivity contribution in [1.29, 1.82) is 0 Å². The Balaban J connectivity index is 1.13. The van der Waals surface area contributed by atoms with Gasteiger partial charge in [-0.2, -0.15) is 0 Å². The molecule has 1 nitrogen and oxygen atoms in total. The number of anilines is 3. The number of thiophene rings is 1. The summed E-state index contributed by atoms with van der Waals surface area (Å²) in [6.07, 6.45) is 0. The quantitative estimate of drug-likeness (QED) is 0.155. The van der Waals surface area contributed by atoms with Crippen LogP contribution in [0, 0.1) is 0 Å². The minimum Gasteiger partial charge on any atom is -0.309 e. The molecule has 0 saturated carbocycles. The van der Waals surface area contributed by atoms with Crippen LogP contribution in [0.15, 0.2) is 249 Å². The lowest BCUT2D eigenvalue weighted by Gasteiger charge is -2.36. The van der Waals surface area contributed by atoms with Crippen LogP contribution in [0.4, 0.5) is 17.1 Å². The van der Waals surface area contributed by atoms with E-state index in [0.29, 0.717) is 0 Å². The summed E-state index contributed by atoms with van der Waals surface area (Å²) >= 11 is 1.88. The second-order valence-corrected chi connectivity index (χ2v) is 18.2. The molecular formula is C62H41NS. The molecule has 1 heterocycles. The van der Waals surface area contributed by atoms with E-state index >= 15 is 0 Å². The fourth-order valence-electron chi connectivity index (χ4n) is 11.5. The SMILES string of the molecule is c1ccc(C2(c3ccccc3)c3ccccc3-c3ccc(N(c4ccc5c(c4)C(c4ccccc4)(c4ccccc4)c4ccccc4-5)c4cccc5c4sc4ccccc45)cc32)cc1. The largest absolute Gasteiger partial charge is 0.309 e. The molecular weight excluding hydrogens is 791 g/mol. The molecule has 0 radical (unpaired) electrons. The van der Waals surface area contributed by atoms with Crippen molar-refractivity contribution in [2.45, 2.75) is 10.8 Å². The lowest BCUT2D eigenvalue weighted by atomic mass is 9.67. The summed E-state index contributed by atoms with van der Waals surface area (Å²) in [6, 6.07) is 92.8. The van der Waals surface area contributed by atoms with Gasteiger partial charge in [-0.25, -0.2) is 0 Å². The summed E-state index contributed by atoms with van der Waals surface area (Å²) in [5.74, 6) is 0. The van der Waals surface area contributed by atoms with Crippen molar-refractivity contribution >= 4 is 48.6 Å². The molecule has 0 amide bonds. The van der Waals surface area contributed by atoms with E-state index < -0.39 is 10.8 Å². The highest BCUT2D eigenvalue weighted by Gasteiger charge is 2.48. The van der Waals surface area contributed by atoms with Gasteiger partial charge < -0.3 is 4.90 Å². The smallest absolute Gasteiger partial charge is 0.0714 e. The maximum atomic E-state index is 2.55. The zero-order valence-electron chi connectivity index (χ0n) is 35.0. The highest BCUT2D eigenvalue weighted by atomic mass is 32.1. The number of hydrogen-bond acceptors (Lipinski definition) is 2. The van der Waals surface area contributed by atoms with Gasteiger partial charge in [0.2, 0.25) is 0 Å². The van der Waals surface area contributed by atoms with Crippen molar-refractivity contribution < 1.29 is 0 Å². The maximum absolute atomic E-state index is 2.55. The molecule has 0 unspecified atom stereocenters. The first kappa shape index (κ1) is 36.8. The van der Waals surface area contributed by atoms with Crippen LogP contribution in [0.25, 0.3) is 42.4 Å². The zero-order valence-corrected chi connectivity index (χ0v) is 35.8.